The van der Waals surface area contributed by atoms with Crippen molar-refractivity contribution in [3.63, 3.8) is 0 Å². The van der Waals surface area contributed by atoms with Crippen LogP contribution in [0.4, 0.5) is 11.6 Å². The first kappa shape index (κ1) is 19.0. The SMILES string of the molecule is COc1ccc(N2CCN(c3oc(-c4cccc5ccccc45)nc3C#N)CC2)cc1. The van der Waals surface area contributed by atoms with Crippen molar-refractivity contribution in [3.05, 3.63) is 72.4 Å². The summed E-state index contributed by atoms with van der Waals surface area (Å²) in [4.78, 5) is 8.96. The van der Waals surface area contributed by atoms with Crippen LogP contribution in [0.2, 0.25) is 0 Å². The van der Waals surface area contributed by atoms with Gasteiger partial charge in [0, 0.05) is 37.4 Å². The molecule has 0 amide bonds. The topological polar surface area (TPSA) is 65.5 Å². The van der Waals surface area contributed by atoms with Crippen molar-refractivity contribution in [3.8, 4) is 23.3 Å². The zero-order valence-electron chi connectivity index (χ0n) is 17.3. The summed E-state index contributed by atoms with van der Waals surface area (Å²) in [6.45, 7) is 3.18. The van der Waals surface area contributed by atoms with Gasteiger partial charge in [-0.25, -0.2) is 0 Å². The average molecular weight is 410 g/mol. The van der Waals surface area contributed by atoms with Crippen LogP contribution >= 0.6 is 0 Å². The molecule has 1 aliphatic heterocycles. The fourth-order valence-electron chi connectivity index (χ4n) is 4.09. The van der Waals surface area contributed by atoms with Gasteiger partial charge in [-0.05, 0) is 41.1 Å². The molecule has 4 aromatic rings. The lowest BCUT2D eigenvalue weighted by Crippen LogP contribution is -2.46. The number of piperazine rings is 1. The van der Waals surface area contributed by atoms with Gasteiger partial charge in [0.15, 0.2) is 0 Å². The van der Waals surface area contributed by atoms with Crippen molar-refractivity contribution in [2.45, 2.75) is 0 Å². The van der Waals surface area contributed by atoms with E-state index in [9.17, 15) is 5.26 Å². The van der Waals surface area contributed by atoms with Gasteiger partial charge in [0.05, 0.1) is 7.11 Å². The van der Waals surface area contributed by atoms with Gasteiger partial charge in [0.1, 0.15) is 11.8 Å². The lowest BCUT2D eigenvalue weighted by molar-refractivity contribution is 0.415. The van der Waals surface area contributed by atoms with Crippen LogP contribution < -0.4 is 14.5 Å². The molecule has 0 atom stereocenters. The molecular formula is C25H22N4O2. The third kappa shape index (κ3) is 3.55. The van der Waals surface area contributed by atoms with E-state index in [1.807, 2.05) is 42.5 Å². The highest BCUT2D eigenvalue weighted by atomic mass is 16.5. The summed E-state index contributed by atoms with van der Waals surface area (Å²) >= 11 is 0. The van der Waals surface area contributed by atoms with Crippen molar-refractivity contribution >= 4 is 22.3 Å². The lowest BCUT2D eigenvalue weighted by atomic mass is 10.0. The zero-order chi connectivity index (χ0) is 21.2. The van der Waals surface area contributed by atoms with Crippen LogP contribution in [0.1, 0.15) is 5.69 Å². The Labute approximate surface area is 180 Å². The highest BCUT2D eigenvalue weighted by molar-refractivity contribution is 5.94. The molecule has 0 radical (unpaired) electrons. The predicted molar refractivity (Wildman–Crippen MR) is 122 cm³/mol. The number of rotatable bonds is 4. The maximum atomic E-state index is 9.68. The van der Waals surface area contributed by atoms with Gasteiger partial charge in [-0.15, -0.1) is 0 Å². The van der Waals surface area contributed by atoms with Crippen LogP contribution in [0, 0.1) is 11.3 Å². The van der Waals surface area contributed by atoms with Crippen molar-refractivity contribution in [2.24, 2.45) is 0 Å². The molecule has 0 saturated carbocycles. The van der Waals surface area contributed by atoms with Crippen LogP contribution in [0.3, 0.4) is 0 Å². The fourth-order valence-corrected chi connectivity index (χ4v) is 4.09. The first-order valence-electron chi connectivity index (χ1n) is 10.3. The second-order valence-electron chi connectivity index (χ2n) is 7.48. The number of anilines is 2. The molecular weight excluding hydrogens is 388 g/mol. The number of fused-ring (bicyclic) bond motifs is 1. The number of nitrogens with zero attached hydrogens (tertiary/aromatic N) is 4. The Morgan fingerprint density at radius 1 is 0.903 bits per heavy atom. The van der Waals surface area contributed by atoms with Gasteiger partial charge in [0.2, 0.25) is 17.5 Å². The molecule has 6 heteroatoms. The Hall–Kier alpha value is -3.98. The molecule has 0 spiro atoms. The van der Waals surface area contributed by atoms with E-state index >= 15 is 0 Å². The minimum atomic E-state index is 0.334. The average Bonchev–Trinajstić information content (AvgIpc) is 3.28. The van der Waals surface area contributed by atoms with E-state index in [2.05, 4.69) is 45.1 Å². The van der Waals surface area contributed by atoms with Crippen molar-refractivity contribution < 1.29 is 9.15 Å². The zero-order valence-corrected chi connectivity index (χ0v) is 17.3. The molecule has 1 aromatic heterocycles. The van der Waals surface area contributed by atoms with E-state index in [4.69, 9.17) is 9.15 Å². The van der Waals surface area contributed by atoms with Gasteiger partial charge in [0.25, 0.3) is 0 Å². The third-order valence-corrected chi connectivity index (χ3v) is 5.74. The number of aromatic nitrogens is 1. The Bertz CT molecular complexity index is 1240. The summed E-state index contributed by atoms with van der Waals surface area (Å²) in [7, 11) is 1.67. The molecule has 0 N–H and O–H groups in total. The monoisotopic (exact) mass is 410 g/mol. The fraction of sp³-hybridized carbons (Fsp3) is 0.200. The number of hydrogen-bond donors (Lipinski definition) is 0. The van der Waals surface area contributed by atoms with Crippen molar-refractivity contribution in [1.82, 2.24) is 4.98 Å². The number of nitriles is 1. The summed E-state index contributed by atoms with van der Waals surface area (Å²) in [5.74, 6) is 1.89. The van der Waals surface area contributed by atoms with Gasteiger partial charge in [-0.2, -0.15) is 10.2 Å². The standard InChI is InChI=1S/C25H22N4O2/c1-30-20-11-9-19(10-12-20)28-13-15-29(16-14-28)25-23(17-26)27-24(31-25)22-8-4-6-18-5-2-3-7-21(18)22/h2-12H,13-16H2,1H3. The van der Waals surface area contributed by atoms with Crippen LogP contribution in [-0.4, -0.2) is 38.3 Å². The molecule has 3 aromatic carbocycles. The van der Waals surface area contributed by atoms with E-state index in [0.29, 0.717) is 17.5 Å². The van der Waals surface area contributed by atoms with Crippen molar-refractivity contribution in [1.29, 1.82) is 5.26 Å². The van der Waals surface area contributed by atoms with Gasteiger partial charge in [-0.3, -0.25) is 0 Å². The first-order valence-corrected chi connectivity index (χ1v) is 10.3. The molecule has 1 fully saturated rings. The molecule has 0 bridgehead atoms. The van der Waals surface area contributed by atoms with Gasteiger partial charge < -0.3 is 19.0 Å². The molecule has 2 heterocycles. The Kier molecular flexibility index (Phi) is 4.93. The third-order valence-electron chi connectivity index (χ3n) is 5.74. The van der Waals surface area contributed by atoms with Gasteiger partial charge >= 0.3 is 0 Å². The first-order chi connectivity index (χ1) is 15.3. The quantitative estimate of drug-likeness (QED) is 0.486. The number of benzene rings is 3. The summed E-state index contributed by atoms with van der Waals surface area (Å²) in [6.07, 6.45) is 0. The number of hydrogen-bond acceptors (Lipinski definition) is 6. The lowest BCUT2D eigenvalue weighted by Gasteiger charge is -2.35. The summed E-state index contributed by atoms with van der Waals surface area (Å²) in [5.41, 5.74) is 2.40. The van der Waals surface area contributed by atoms with Gasteiger partial charge in [-0.1, -0.05) is 36.4 Å². The maximum absolute atomic E-state index is 9.68. The van der Waals surface area contributed by atoms with E-state index in [1.54, 1.807) is 7.11 Å². The number of methoxy groups -OCH3 is 1. The Morgan fingerprint density at radius 2 is 1.61 bits per heavy atom. The van der Waals surface area contributed by atoms with Crippen LogP contribution in [-0.2, 0) is 0 Å². The summed E-state index contributed by atoms with van der Waals surface area (Å²) in [5, 5.41) is 11.9. The van der Waals surface area contributed by atoms with Crippen LogP contribution in [0.15, 0.2) is 71.1 Å². The minimum absolute atomic E-state index is 0.334. The largest absolute Gasteiger partial charge is 0.497 e. The molecule has 1 aliphatic rings. The minimum Gasteiger partial charge on any atom is -0.497 e. The summed E-state index contributed by atoms with van der Waals surface area (Å²) < 4.78 is 11.4. The van der Waals surface area contributed by atoms with Crippen molar-refractivity contribution in [2.75, 3.05) is 43.1 Å². The highest BCUT2D eigenvalue weighted by Gasteiger charge is 2.25. The maximum Gasteiger partial charge on any atom is 0.235 e. The van der Waals surface area contributed by atoms with Crippen LogP contribution in [0.5, 0.6) is 5.75 Å². The molecule has 154 valence electrons. The molecule has 0 unspecified atom stereocenters. The highest BCUT2D eigenvalue weighted by Crippen LogP contribution is 2.33. The molecule has 31 heavy (non-hydrogen) atoms. The molecule has 6 nitrogen and oxygen atoms in total. The van der Waals surface area contributed by atoms with Crippen LogP contribution in [0.25, 0.3) is 22.2 Å². The summed E-state index contributed by atoms with van der Waals surface area (Å²) in [6, 6.07) is 24.5. The second kappa shape index (κ2) is 8.04. The molecule has 1 saturated heterocycles. The Balaban J connectivity index is 1.39. The predicted octanol–water partition coefficient (Wildman–Crippen LogP) is 4.70. The van der Waals surface area contributed by atoms with E-state index in [0.717, 1.165) is 54.0 Å². The second-order valence-corrected chi connectivity index (χ2v) is 7.48. The molecule has 5 rings (SSSR count). The van der Waals surface area contributed by atoms with E-state index in [1.165, 1.54) is 0 Å². The molecule has 0 aliphatic carbocycles. The number of ether oxygens (including phenoxy) is 1. The smallest absolute Gasteiger partial charge is 0.235 e. The Morgan fingerprint density at radius 3 is 2.35 bits per heavy atom. The normalized spacial score (nSPS) is 13.9. The van der Waals surface area contributed by atoms with E-state index < -0.39 is 0 Å². The van der Waals surface area contributed by atoms with E-state index in [-0.39, 0.29) is 0 Å². The number of oxazole rings is 1.